The van der Waals surface area contributed by atoms with Gasteiger partial charge in [0.25, 0.3) is 35.9 Å². The highest BCUT2D eigenvalue weighted by Gasteiger charge is 2.35. The van der Waals surface area contributed by atoms with E-state index in [1.807, 2.05) is 0 Å². The number of aryl methyl sites for hydroxylation is 1. The Labute approximate surface area is 270 Å². The number of fused-ring (bicyclic) bond motifs is 2. The molecular formula is C30H19FN2O12S3. The van der Waals surface area contributed by atoms with Gasteiger partial charge in [0.15, 0.2) is 11.6 Å². The highest BCUT2D eigenvalue weighted by Crippen LogP contribution is 2.44. The van der Waals surface area contributed by atoms with Crippen LogP contribution < -0.4 is 10.9 Å². The number of anilines is 2. The highest BCUT2D eigenvalue weighted by atomic mass is 32.2. The normalized spacial score (nSPS) is 13.0. The number of nitrogens with zero attached hydrogens (tertiary/aromatic N) is 1. The molecule has 14 nitrogen and oxygen atoms in total. The Morgan fingerprint density at radius 1 is 0.729 bits per heavy atom. The van der Waals surface area contributed by atoms with Gasteiger partial charge in [-0.1, -0.05) is 36.4 Å². The third-order valence-corrected chi connectivity index (χ3v) is 10.3. The van der Waals surface area contributed by atoms with Gasteiger partial charge in [0.2, 0.25) is 0 Å². The maximum atomic E-state index is 14.9. The van der Waals surface area contributed by atoms with Gasteiger partial charge in [-0.15, -0.1) is 0 Å². The predicted molar refractivity (Wildman–Crippen MR) is 167 cm³/mol. The maximum absolute atomic E-state index is 14.9. The zero-order chi connectivity index (χ0) is 35.1. The number of aromatic nitrogens is 1. The quantitative estimate of drug-likeness (QED) is 0.137. The Morgan fingerprint density at radius 2 is 1.38 bits per heavy atom. The third-order valence-electron chi connectivity index (χ3n) is 7.71. The first-order chi connectivity index (χ1) is 22.3. The first kappa shape index (κ1) is 32.8. The highest BCUT2D eigenvalue weighted by molar-refractivity contribution is 7.86. The average Bonchev–Trinajstić information content (AvgIpc) is 3.00. The van der Waals surface area contributed by atoms with E-state index in [9.17, 15) is 57.7 Å². The van der Waals surface area contributed by atoms with Gasteiger partial charge in [-0.2, -0.15) is 25.3 Å². The maximum Gasteiger partial charge on any atom is 0.297 e. The van der Waals surface area contributed by atoms with Crippen LogP contribution >= 0.6 is 0 Å². The van der Waals surface area contributed by atoms with Crippen molar-refractivity contribution in [3.05, 3.63) is 111 Å². The number of nitrogens with one attached hydrogen (secondary N) is 1. The number of benzene rings is 4. The van der Waals surface area contributed by atoms with Crippen LogP contribution in [0.1, 0.15) is 31.8 Å². The molecule has 1 aromatic heterocycles. The lowest BCUT2D eigenvalue weighted by Gasteiger charge is -2.26. The summed E-state index contributed by atoms with van der Waals surface area (Å²) in [6, 6.07) is 13.3. The van der Waals surface area contributed by atoms with Crippen molar-refractivity contribution in [1.29, 1.82) is 0 Å². The van der Waals surface area contributed by atoms with Crippen molar-refractivity contribution in [2.75, 3.05) is 5.32 Å². The van der Waals surface area contributed by atoms with E-state index in [4.69, 9.17) is 0 Å². The average molecular weight is 715 g/mol. The summed E-state index contributed by atoms with van der Waals surface area (Å²) < 4.78 is 116. The van der Waals surface area contributed by atoms with Crippen molar-refractivity contribution < 1.29 is 52.9 Å². The van der Waals surface area contributed by atoms with Gasteiger partial charge in [-0.25, -0.2) is 4.39 Å². The zero-order valence-corrected chi connectivity index (χ0v) is 26.4. The van der Waals surface area contributed by atoms with Crippen LogP contribution in [-0.2, 0) is 37.4 Å². The van der Waals surface area contributed by atoms with Gasteiger partial charge >= 0.3 is 0 Å². The number of halogens is 1. The minimum absolute atomic E-state index is 0.00326. The van der Waals surface area contributed by atoms with E-state index < -0.39 is 79.2 Å². The first-order valence-electron chi connectivity index (χ1n) is 13.3. The summed E-state index contributed by atoms with van der Waals surface area (Å²) in [4.78, 5) is 38.7. The molecule has 48 heavy (non-hydrogen) atoms. The monoisotopic (exact) mass is 714 g/mol. The molecule has 18 heteroatoms. The molecule has 1 heterocycles. The number of carbonyl (C=O) groups is 2. The largest absolute Gasteiger partial charge is 0.354 e. The third kappa shape index (κ3) is 5.29. The summed E-state index contributed by atoms with van der Waals surface area (Å²) in [7, 11) is -14.0. The second kappa shape index (κ2) is 11.0. The lowest BCUT2D eigenvalue weighted by molar-refractivity contribution is 0.102. The minimum Gasteiger partial charge on any atom is -0.354 e. The molecule has 4 aromatic carbocycles. The van der Waals surface area contributed by atoms with Gasteiger partial charge in [0, 0.05) is 35.2 Å². The Morgan fingerprint density at radius 3 is 2.00 bits per heavy atom. The standard InChI is InChI=1S/C30H19FN2O12S3/c1-33-21-10-9-19(32-20-12-18(31)22(47(40,41)42)13-23(20)48(43,44)45)25-26(21)24(16-7-2-3-8-17(16)29(25)35)27(30(33)36)28(34)14-5-4-6-15(11-14)46(37,38)39/h2-13,32H,1H3,(H,37,38,39)(H,40,41,42)(H,43,44,45). The first-order valence-corrected chi connectivity index (χ1v) is 17.6. The number of hydrogen-bond acceptors (Lipinski definition) is 10. The smallest absolute Gasteiger partial charge is 0.297 e. The molecule has 246 valence electrons. The summed E-state index contributed by atoms with van der Waals surface area (Å²) in [5, 5.41) is 2.53. The van der Waals surface area contributed by atoms with Gasteiger partial charge < -0.3 is 9.88 Å². The topological polar surface area (TPSA) is 231 Å². The summed E-state index contributed by atoms with van der Waals surface area (Å²) in [6.07, 6.45) is 0. The summed E-state index contributed by atoms with van der Waals surface area (Å²) in [6.45, 7) is 0. The molecular weight excluding hydrogens is 696 g/mol. The van der Waals surface area contributed by atoms with E-state index in [2.05, 4.69) is 5.32 Å². The van der Waals surface area contributed by atoms with Crippen LogP contribution in [0.5, 0.6) is 0 Å². The molecule has 1 aliphatic rings. The summed E-state index contributed by atoms with van der Waals surface area (Å²) in [5.41, 5.74) is -2.63. The van der Waals surface area contributed by atoms with Gasteiger partial charge in [-0.3, -0.25) is 28.0 Å². The number of hydrogen-bond donors (Lipinski definition) is 4. The summed E-state index contributed by atoms with van der Waals surface area (Å²) >= 11 is 0. The molecule has 0 bridgehead atoms. The van der Waals surface area contributed by atoms with Gasteiger partial charge in [0.1, 0.15) is 15.6 Å². The molecule has 0 saturated heterocycles. The predicted octanol–water partition coefficient (Wildman–Crippen LogP) is 3.60. The molecule has 4 N–H and O–H groups in total. The van der Waals surface area contributed by atoms with E-state index in [-0.39, 0.29) is 50.5 Å². The molecule has 0 spiro atoms. The number of rotatable bonds is 7. The van der Waals surface area contributed by atoms with Crippen LogP contribution in [0.3, 0.4) is 0 Å². The van der Waals surface area contributed by atoms with E-state index in [0.717, 1.165) is 16.7 Å². The SMILES string of the molecule is Cn1c(=O)c(C(=O)c2cccc(S(=O)(=O)O)c2)c2c3c(c(Nc4cc(F)c(S(=O)(=O)O)cc4S(=O)(=O)O)ccc31)C(=O)c1ccccc1-2. The molecule has 1 aliphatic carbocycles. The van der Waals surface area contributed by atoms with Crippen molar-refractivity contribution in [2.45, 2.75) is 14.7 Å². The van der Waals surface area contributed by atoms with Crippen LogP contribution in [0, 0.1) is 5.82 Å². The van der Waals surface area contributed by atoms with E-state index in [0.29, 0.717) is 6.07 Å². The molecule has 0 unspecified atom stereocenters. The molecule has 0 saturated carbocycles. The van der Waals surface area contributed by atoms with Crippen LogP contribution in [0.15, 0.2) is 92.3 Å². The zero-order valence-electron chi connectivity index (χ0n) is 24.0. The van der Waals surface area contributed by atoms with Crippen molar-refractivity contribution in [1.82, 2.24) is 4.57 Å². The van der Waals surface area contributed by atoms with Crippen LogP contribution in [0.2, 0.25) is 0 Å². The fraction of sp³-hybridized carbons (Fsp3) is 0.0333. The molecule has 0 atom stereocenters. The Hall–Kier alpha value is -5.11. The number of ketones is 2. The molecule has 0 amide bonds. The van der Waals surface area contributed by atoms with Crippen molar-refractivity contribution in [3.8, 4) is 11.1 Å². The lowest BCUT2D eigenvalue weighted by Crippen LogP contribution is -2.29. The molecule has 5 aromatic rings. The second-order valence-corrected chi connectivity index (χ2v) is 14.8. The van der Waals surface area contributed by atoms with E-state index in [1.165, 1.54) is 55.6 Å². The fourth-order valence-electron chi connectivity index (χ4n) is 5.62. The Kier molecular flexibility index (Phi) is 7.50. The molecule has 0 radical (unpaired) electrons. The fourth-order valence-corrected chi connectivity index (χ4v) is 7.45. The molecule has 0 fully saturated rings. The van der Waals surface area contributed by atoms with Crippen molar-refractivity contribution in [2.24, 2.45) is 7.05 Å². The second-order valence-electron chi connectivity index (χ2n) is 10.6. The lowest BCUT2D eigenvalue weighted by atomic mass is 9.80. The number of pyridine rings is 1. The van der Waals surface area contributed by atoms with Crippen LogP contribution in [0.4, 0.5) is 15.8 Å². The van der Waals surface area contributed by atoms with Crippen molar-refractivity contribution >= 4 is 64.2 Å². The minimum atomic E-state index is -5.29. The Bertz CT molecular complexity index is 2700. The molecule has 0 aliphatic heterocycles. The Balaban J connectivity index is 1.70. The number of carbonyl (C=O) groups excluding carboxylic acids is 2. The van der Waals surface area contributed by atoms with Crippen LogP contribution in [-0.4, -0.2) is 55.0 Å². The molecule has 6 rings (SSSR count). The summed E-state index contributed by atoms with van der Waals surface area (Å²) in [5.74, 6) is -3.27. The van der Waals surface area contributed by atoms with Gasteiger partial charge in [0.05, 0.1) is 32.9 Å². The van der Waals surface area contributed by atoms with E-state index in [1.54, 1.807) is 0 Å². The van der Waals surface area contributed by atoms with Crippen molar-refractivity contribution in [3.63, 3.8) is 0 Å². The van der Waals surface area contributed by atoms with E-state index >= 15 is 0 Å². The van der Waals surface area contributed by atoms with Crippen LogP contribution in [0.25, 0.3) is 22.0 Å². The van der Waals surface area contributed by atoms with Gasteiger partial charge in [-0.05, 0) is 35.9 Å².